The highest BCUT2D eigenvalue weighted by Crippen LogP contribution is 2.18. The lowest BCUT2D eigenvalue weighted by Gasteiger charge is -2.08. The van der Waals surface area contributed by atoms with Crippen molar-refractivity contribution in [2.75, 3.05) is 10.5 Å². The molecule has 0 fully saturated rings. The Morgan fingerprint density at radius 1 is 1.22 bits per heavy atom. The number of anilines is 2. The average molecular weight is 285 g/mol. The summed E-state index contributed by atoms with van der Waals surface area (Å²) in [6.07, 6.45) is 2.75. The summed E-state index contributed by atoms with van der Waals surface area (Å²) in [6, 6.07) is 5.83. The van der Waals surface area contributed by atoms with Crippen molar-refractivity contribution in [2.24, 2.45) is 0 Å². The van der Waals surface area contributed by atoms with Crippen LogP contribution in [-0.2, 0) is 10.0 Å². The number of sulfonamides is 1. The monoisotopic (exact) mass is 284 g/mol. The third-order valence-corrected chi connectivity index (χ3v) is 3.68. The van der Waals surface area contributed by atoms with Crippen molar-refractivity contribution in [3.63, 3.8) is 0 Å². The summed E-state index contributed by atoms with van der Waals surface area (Å²) in [5, 5.41) is 0.416. The Hall–Kier alpha value is -1.86. The minimum absolute atomic E-state index is 0.0704. The van der Waals surface area contributed by atoms with Gasteiger partial charge in [0.1, 0.15) is 16.5 Å². The lowest BCUT2D eigenvalue weighted by molar-refractivity contribution is 0.601. The van der Waals surface area contributed by atoms with E-state index in [9.17, 15) is 8.42 Å². The number of rotatable bonds is 3. The SMILES string of the molecule is Nc1ncccc1S(=O)(=O)Nc1ccc(Cl)cn1. The predicted molar refractivity (Wildman–Crippen MR) is 68.7 cm³/mol. The van der Waals surface area contributed by atoms with Crippen LogP contribution >= 0.6 is 11.6 Å². The van der Waals surface area contributed by atoms with Crippen LogP contribution < -0.4 is 10.5 Å². The van der Waals surface area contributed by atoms with Crippen LogP contribution in [-0.4, -0.2) is 18.4 Å². The number of hydrogen-bond acceptors (Lipinski definition) is 5. The van der Waals surface area contributed by atoms with E-state index in [0.717, 1.165) is 0 Å². The molecule has 0 saturated heterocycles. The van der Waals surface area contributed by atoms with Gasteiger partial charge in [-0.1, -0.05) is 11.6 Å². The Morgan fingerprint density at radius 3 is 2.61 bits per heavy atom. The molecular weight excluding hydrogens is 276 g/mol. The smallest absolute Gasteiger partial charge is 0.266 e. The van der Waals surface area contributed by atoms with Gasteiger partial charge in [0.15, 0.2) is 0 Å². The lowest BCUT2D eigenvalue weighted by atomic mass is 10.5. The molecule has 0 amide bonds. The van der Waals surface area contributed by atoms with Crippen LogP contribution in [0.25, 0.3) is 0 Å². The molecule has 0 aliphatic rings. The van der Waals surface area contributed by atoms with E-state index >= 15 is 0 Å². The minimum Gasteiger partial charge on any atom is -0.383 e. The molecule has 2 aromatic heterocycles. The number of halogens is 1. The molecule has 2 aromatic rings. The van der Waals surface area contributed by atoms with Crippen LogP contribution in [0.2, 0.25) is 5.02 Å². The van der Waals surface area contributed by atoms with Crippen LogP contribution in [0.5, 0.6) is 0 Å². The highest BCUT2D eigenvalue weighted by atomic mass is 35.5. The van der Waals surface area contributed by atoms with Crippen LogP contribution in [0.3, 0.4) is 0 Å². The van der Waals surface area contributed by atoms with E-state index in [2.05, 4.69) is 14.7 Å². The molecule has 0 spiro atoms. The first-order chi connectivity index (χ1) is 8.49. The topological polar surface area (TPSA) is 98.0 Å². The van der Waals surface area contributed by atoms with Crippen molar-refractivity contribution in [3.8, 4) is 0 Å². The molecule has 0 aliphatic carbocycles. The molecule has 0 bridgehead atoms. The van der Waals surface area contributed by atoms with Crippen LogP contribution in [0.15, 0.2) is 41.6 Å². The molecule has 0 radical (unpaired) electrons. The normalized spacial score (nSPS) is 11.2. The van der Waals surface area contributed by atoms with Gasteiger partial charge in [-0.05, 0) is 24.3 Å². The fraction of sp³-hybridized carbons (Fsp3) is 0. The molecule has 2 rings (SSSR count). The van der Waals surface area contributed by atoms with Gasteiger partial charge in [-0.25, -0.2) is 18.4 Å². The van der Waals surface area contributed by atoms with Gasteiger partial charge in [0.2, 0.25) is 0 Å². The van der Waals surface area contributed by atoms with Gasteiger partial charge in [-0.2, -0.15) is 0 Å². The molecule has 3 N–H and O–H groups in total. The number of nitrogens with two attached hydrogens (primary N) is 1. The molecule has 18 heavy (non-hydrogen) atoms. The summed E-state index contributed by atoms with van der Waals surface area (Å²) >= 11 is 5.66. The van der Waals surface area contributed by atoms with Crippen molar-refractivity contribution in [3.05, 3.63) is 41.7 Å². The number of nitrogens with one attached hydrogen (secondary N) is 1. The molecule has 0 unspecified atom stereocenters. The van der Waals surface area contributed by atoms with Crippen LogP contribution in [0.1, 0.15) is 0 Å². The Bertz CT molecular complexity index is 658. The molecule has 94 valence electrons. The Kier molecular flexibility index (Phi) is 3.35. The second-order valence-electron chi connectivity index (χ2n) is 3.35. The molecule has 8 heteroatoms. The number of nitrogen functional groups attached to an aromatic ring is 1. The van der Waals surface area contributed by atoms with Crippen molar-refractivity contribution in [1.29, 1.82) is 0 Å². The van der Waals surface area contributed by atoms with E-state index in [0.29, 0.717) is 5.02 Å². The molecular formula is C10H9ClN4O2S. The highest BCUT2D eigenvalue weighted by molar-refractivity contribution is 7.92. The molecule has 2 heterocycles. The van der Waals surface area contributed by atoms with Crippen molar-refractivity contribution in [1.82, 2.24) is 9.97 Å². The van der Waals surface area contributed by atoms with Crippen LogP contribution in [0, 0.1) is 0 Å². The van der Waals surface area contributed by atoms with E-state index in [-0.39, 0.29) is 16.5 Å². The van der Waals surface area contributed by atoms with Gasteiger partial charge >= 0.3 is 0 Å². The van der Waals surface area contributed by atoms with Gasteiger partial charge in [0, 0.05) is 12.4 Å². The van der Waals surface area contributed by atoms with Crippen molar-refractivity contribution in [2.45, 2.75) is 4.90 Å². The van der Waals surface area contributed by atoms with E-state index in [1.807, 2.05) is 0 Å². The fourth-order valence-corrected chi connectivity index (χ4v) is 2.46. The molecule has 0 atom stereocenters. The Morgan fingerprint density at radius 2 is 2.00 bits per heavy atom. The first-order valence-electron chi connectivity index (χ1n) is 4.84. The van der Waals surface area contributed by atoms with E-state index < -0.39 is 10.0 Å². The maximum atomic E-state index is 12.0. The molecule has 0 saturated carbocycles. The first-order valence-corrected chi connectivity index (χ1v) is 6.70. The molecule has 0 aromatic carbocycles. The zero-order valence-corrected chi connectivity index (χ0v) is 10.6. The Balaban J connectivity index is 2.33. The third kappa shape index (κ3) is 2.69. The summed E-state index contributed by atoms with van der Waals surface area (Å²) in [4.78, 5) is 7.46. The minimum atomic E-state index is -3.80. The predicted octanol–water partition coefficient (Wildman–Crippen LogP) is 1.51. The number of pyridine rings is 2. The van der Waals surface area contributed by atoms with Gasteiger partial charge in [-0.3, -0.25) is 4.72 Å². The average Bonchev–Trinajstić information content (AvgIpc) is 2.32. The first kappa shape index (κ1) is 12.6. The van der Waals surface area contributed by atoms with Crippen LogP contribution in [0.4, 0.5) is 11.6 Å². The van der Waals surface area contributed by atoms with Gasteiger partial charge in [0.25, 0.3) is 10.0 Å². The van der Waals surface area contributed by atoms with E-state index in [4.69, 9.17) is 17.3 Å². The zero-order valence-electron chi connectivity index (χ0n) is 9.04. The molecule has 6 nitrogen and oxygen atoms in total. The largest absolute Gasteiger partial charge is 0.383 e. The zero-order chi connectivity index (χ0) is 13.2. The summed E-state index contributed by atoms with van der Waals surface area (Å²) in [5.74, 6) is 0.0848. The second kappa shape index (κ2) is 4.79. The molecule has 0 aliphatic heterocycles. The highest BCUT2D eigenvalue weighted by Gasteiger charge is 2.18. The summed E-state index contributed by atoms with van der Waals surface area (Å²) in [5.41, 5.74) is 5.51. The summed E-state index contributed by atoms with van der Waals surface area (Å²) < 4.78 is 26.3. The maximum Gasteiger partial charge on any atom is 0.266 e. The third-order valence-electron chi connectivity index (χ3n) is 2.06. The van der Waals surface area contributed by atoms with Gasteiger partial charge < -0.3 is 5.73 Å². The summed E-state index contributed by atoms with van der Waals surface area (Å²) in [6.45, 7) is 0. The standard InChI is InChI=1S/C10H9ClN4O2S/c11-7-3-4-9(14-6-7)15-18(16,17)8-2-1-5-13-10(8)12/h1-6H,(H2,12,13)(H,14,15). The van der Waals surface area contributed by atoms with Gasteiger partial charge in [0.05, 0.1) is 5.02 Å². The van der Waals surface area contributed by atoms with Gasteiger partial charge in [-0.15, -0.1) is 0 Å². The number of aromatic nitrogens is 2. The van der Waals surface area contributed by atoms with Crippen molar-refractivity contribution >= 4 is 33.3 Å². The van der Waals surface area contributed by atoms with E-state index in [1.54, 1.807) is 0 Å². The quantitative estimate of drug-likeness (QED) is 0.890. The number of hydrogen-bond donors (Lipinski definition) is 2. The maximum absolute atomic E-state index is 12.0. The van der Waals surface area contributed by atoms with Crippen molar-refractivity contribution < 1.29 is 8.42 Å². The summed E-state index contributed by atoms with van der Waals surface area (Å²) in [7, 11) is -3.80. The lowest BCUT2D eigenvalue weighted by Crippen LogP contribution is -2.16. The number of nitrogens with zero attached hydrogens (tertiary/aromatic N) is 2. The fourth-order valence-electron chi connectivity index (χ4n) is 1.26. The van der Waals surface area contributed by atoms with E-state index in [1.165, 1.54) is 36.7 Å². The second-order valence-corrected chi connectivity index (χ2v) is 5.44. The Labute approximate surface area is 109 Å².